The van der Waals surface area contributed by atoms with E-state index in [9.17, 15) is 8.42 Å². The highest BCUT2D eigenvalue weighted by molar-refractivity contribution is 7.89. The van der Waals surface area contributed by atoms with Crippen molar-refractivity contribution in [3.63, 3.8) is 0 Å². The van der Waals surface area contributed by atoms with E-state index in [4.69, 9.17) is 5.11 Å². The van der Waals surface area contributed by atoms with Gasteiger partial charge in [-0.15, -0.1) is 0 Å². The maximum absolute atomic E-state index is 12.1. The molecule has 5 nitrogen and oxygen atoms in total. The number of benzene rings is 1. The molecule has 3 rings (SSSR count). The number of nitrogens with one attached hydrogen (secondary N) is 1. The largest absolute Gasteiger partial charge is 0.396 e. The molecule has 0 amide bonds. The molecule has 0 bridgehead atoms. The zero-order valence-electron chi connectivity index (χ0n) is 12.0. The van der Waals surface area contributed by atoms with Gasteiger partial charge in [0.25, 0.3) is 0 Å². The van der Waals surface area contributed by atoms with E-state index in [1.165, 1.54) is 0 Å². The molecule has 1 aromatic rings. The van der Waals surface area contributed by atoms with Gasteiger partial charge in [0.2, 0.25) is 10.0 Å². The van der Waals surface area contributed by atoms with Crippen molar-refractivity contribution in [2.24, 2.45) is 5.92 Å². The van der Waals surface area contributed by atoms with Crippen LogP contribution >= 0.6 is 0 Å². The van der Waals surface area contributed by atoms with E-state index in [-0.39, 0.29) is 12.6 Å². The Morgan fingerprint density at radius 1 is 1.10 bits per heavy atom. The minimum atomic E-state index is -3.36. The second kappa shape index (κ2) is 5.94. The van der Waals surface area contributed by atoms with E-state index in [0.29, 0.717) is 10.8 Å². The summed E-state index contributed by atoms with van der Waals surface area (Å²) < 4.78 is 26.9. The number of hydrogen-bond donors (Lipinski definition) is 2. The lowest BCUT2D eigenvalue weighted by atomic mass is 9.97. The first-order valence-corrected chi connectivity index (χ1v) is 9.05. The second-order valence-electron chi connectivity index (χ2n) is 6.00. The monoisotopic (exact) mass is 310 g/mol. The summed E-state index contributed by atoms with van der Waals surface area (Å²) in [6, 6.07) is 7.24. The Hall–Kier alpha value is -1.11. The minimum Gasteiger partial charge on any atom is -0.396 e. The number of aliphatic hydroxyl groups excluding tert-OH is 1. The third-order valence-electron chi connectivity index (χ3n) is 4.28. The molecule has 21 heavy (non-hydrogen) atoms. The Morgan fingerprint density at radius 3 is 2.24 bits per heavy atom. The fraction of sp³-hybridized carbons (Fsp3) is 0.600. The number of nitrogens with zero attached hydrogens (tertiary/aromatic N) is 1. The summed E-state index contributed by atoms with van der Waals surface area (Å²) in [5, 5.41) is 9.16. The smallest absolute Gasteiger partial charge is 0.240 e. The van der Waals surface area contributed by atoms with Gasteiger partial charge < -0.3 is 10.0 Å². The molecule has 2 aliphatic rings. The van der Waals surface area contributed by atoms with Crippen LogP contribution in [-0.2, 0) is 10.0 Å². The summed E-state index contributed by atoms with van der Waals surface area (Å²) in [4.78, 5) is 2.58. The predicted molar refractivity (Wildman–Crippen MR) is 81.8 cm³/mol. The summed E-state index contributed by atoms with van der Waals surface area (Å²) in [6.07, 6.45) is 3.85. The molecule has 1 heterocycles. The molecular weight excluding hydrogens is 288 g/mol. The van der Waals surface area contributed by atoms with Crippen molar-refractivity contribution >= 4 is 15.7 Å². The first-order chi connectivity index (χ1) is 10.1. The zero-order chi connectivity index (χ0) is 14.9. The van der Waals surface area contributed by atoms with E-state index in [2.05, 4.69) is 9.62 Å². The molecular formula is C15H22N2O3S. The quantitative estimate of drug-likeness (QED) is 0.861. The number of piperidine rings is 1. The van der Waals surface area contributed by atoms with Gasteiger partial charge in [0.15, 0.2) is 0 Å². The van der Waals surface area contributed by atoms with Gasteiger partial charge in [-0.3, -0.25) is 0 Å². The SMILES string of the molecule is O=S(=O)(NC1CC1)c1ccc(N2CCC(CO)CC2)cc1. The molecule has 6 heteroatoms. The van der Waals surface area contributed by atoms with Gasteiger partial charge in [-0.25, -0.2) is 13.1 Å². The van der Waals surface area contributed by atoms with E-state index in [0.717, 1.165) is 44.5 Å². The average Bonchev–Trinajstić information content (AvgIpc) is 3.31. The number of sulfonamides is 1. The molecule has 0 atom stereocenters. The van der Waals surface area contributed by atoms with Crippen molar-refractivity contribution < 1.29 is 13.5 Å². The number of hydrogen-bond acceptors (Lipinski definition) is 4. The summed E-state index contributed by atoms with van der Waals surface area (Å²) in [7, 11) is -3.36. The van der Waals surface area contributed by atoms with E-state index >= 15 is 0 Å². The van der Waals surface area contributed by atoms with Crippen LogP contribution in [0.4, 0.5) is 5.69 Å². The lowest BCUT2D eigenvalue weighted by Gasteiger charge is -2.32. The molecule has 1 saturated carbocycles. The van der Waals surface area contributed by atoms with Crippen LogP contribution in [0.25, 0.3) is 0 Å². The van der Waals surface area contributed by atoms with Crippen molar-refractivity contribution in [1.29, 1.82) is 0 Å². The summed E-state index contributed by atoms with van der Waals surface area (Å²) in [5.41, 5.74) is 1.05. The molecule has 0 spiro atoms. The fourth-order valence-electron chi connectivity index (χ4n) is 2.70. The molecule has 1 aliphatic carbocycles. The first-order valence-electron chi connectivity index (χ1n) is 7.57. The second-order valence-corrected chi connectivity index (χ2v) is 7.72. The van der Waals surface area contributed by atoms with Gasteiger partial charge in [-0.1, -0.05) is 0 Å². The minimum absolute atomic E-state index is 0.132. The molecule has 0 aromatic heterocycles. The Bertz CT molecular complexity index is 573. The van der Waals surface area contributed by atoms with Crippen molar-refractivity contribution in [3.05, 3.63) is 24.3 Å². The third-order valence-corrected chi connectivity index (χ3v) is 5.82. The van der Waals surface area contributed by atoms with Gasteiger partial charge in [0.1, 0.15) is 0 Å². The van der Waals surface area contributed by atoms with Crippen LogP contribution in [0.1, 0.15) is 25.7 Å². The zero-order valence-corrected chi connectivity index (χ0v) is 12.8. The molecule has 1 saturated heterocycles. The van der Waals surface area contributed by atoms with Gasteiger partial charge >= 0.3 is 0 Å². The highest BCUT2D eigenvalue weighted by atomic mass is 32.2. The maximum Gasteiger partial charge on any atom is 0.240 e. The summed E-state index contributed by atoms with van der Waals surface area (Å²) >= 11 is 0. The molecule has 0 unspecified atom stereocenters. The van der Waals surface area contributed by atoms with Gasteiger partial charge in [0, 0.05) is 31.4 Å². The summed E-state index contributed by atoms with van der Waals surface area (Å²) in [5.74, 6) is 0.406. The Labute approximate surface area is 126 Å². The van der Waals surface area contributed by atoms with Gasteiger partial charge in [0.05, 0.1) is 4.90 Å². The lowest BCUT2D eigenvalue weighted by Crippen LogP contribution is -2.34. The molecule has 1 aliphatic heterocycles. The van der Waals surface area contributed by atoms with Crippen LogP contribution in [0.3, 0.4) is 0 Å². The van der Waals surface area contributed by atoms with Crippen molar-refractivity contribution in [3.8, 4) is 0 Å². The van der Waals surface area contributed by atoms with Gasteiger partial charge in [-0.05, 0) is 55.9 Å². The molecule has 116 valence electrons. The Balaban J connectivity index is 1.66. The Kier molecular flexibility index (Phi) is 4.19. The van der Waals surface area contributed by atoms with Crippen molar-refractivity contribution in [2.45, 2.75) is 36.6 Å². The van der Waals surface area contributed by atoms with Crippen molar-refractivity contribution in [2.75, 3.05) is 24.6 Å². The molecule has 0 radical (unpaired) electrons. The van der Waals surface area contributed by atoms with E-state index in [1.54, 1.807) is 12.1 Å². The van der Waals surface area contributed by atoms with E-state index < -0.39 is 10.0 Å². The van der Waals surface area contributed by atoms with Crippen LogP contribution in [0.15, 0.2) is 29.2 Å². The van der Waals surface area contributed by atoms with Gasteiger partial charge in [-0.2, -0.15) is 0 Å². The highest BCUT2D eigenvalue weighted by Crippen LogP contribution is 2.26. The highest BCUT2D eigenvalue weighted by Gasteiger charge is 2.28. The average molecular weight is 310 g/mol. The summed E-state index contributed by atoms with van der Waals surface area (Å²) in [6.45, 7) is 2.09. The predicted octanol–water partition coefficient (Wildman–Crippen LogP) is 1.34. The standard InChI is InChI=1S/C15H22N2O3S/c18-11-12-7-9-17(10-8-12)14-3-5-15(6-4-14)21(19,20)16-13-1-2-13/h3-6,12-13,16,18H,1-2,7-11H2. The fourth-order valence-corrected chi connectivity index (χ4v) is 4.00. The van der Waals surface area contributed by atoms with Crippen molar-refractivity contribution in [1.82, 2.24) is 4.72 Å². The Morgan fingerprint density at radius 2 is 1.71 bits per heavy atom. The number of anilines is 1. The lowest BCUT2D eigenvalue weighted by molar-refractivity contribution is 0.203. The maximum atomic E-state index is 12.1. The number of rotatable bonds is 5. The first kappa shape index (κ1) is 14.8. The molecule has 2 fully saturated rings. The normalized spacial score (nSPS) is 20.7. The third kappa shape index (κ3) is 3.56. The van der Waals surface area contributed by atoms with Crippen LogP contribution in [-0.4, -0.2) is 39.3 Å². The van der Waals surface area contributed by atoms with Crippen LogP contribution < -0.4 is 9.62 Å². The van der Waals surface area contributed by atoms with Crippen LogP contribution in [0, 0.1) is 5.92 Å². The molecule has 2 N–H and O–H groups in total. The van der Waals surface area contributed by atoms with E-state index in [1.807, 2.05) is 12.1 Å². The molecule has 1 aromatic carbocycles. The number of aliphatic hydroxyl groups is 1. The van der Waals surface area contributed by atoms with Crippen LogP contribution in [0.5, 0.6) is 0 Å². The topological polar surface area (TPSA) is 69.6 Å². The van der Waals surface area contributed by atoms with Crippen LogP contribution in [0.2, 0.25) is 0 Å².